The summed E-state index contributed by atoms with van der Waals surface area (Å²) in [6, 6.07) is 7.42. The first-order valence-electron chi connectivity index (χ1n) is 16.9. The number of quaternary nitrogens is 1. The fourth-order valence-corrected chi connectivity index (χ4v) is 5.97. The number of hydrogen-bond acceptors (Lipinski definition) is 8. The Morgan fingerprint density at radius 2 is 1.52 bits per heavy atom. The van der Waals surface area contributed by atoms with Crippen molar-refractivity contribution in [3.63, 3.8) is 0 Å². The van der Waals surface area contributed by atoms with E-state index < -0.39 is 29.7 Å². The van der Waals surface area contributed by atoms with E-state index in [9.17, 15) is 32.3 Å². The minimum atomic E-state index is -4.85. The number of nitrogens with zero attached hydrogens (tertiary/aromatic N) is 7. The van der Waals surface area contributed by atoms with Crippen molar-refractivity contribution >= 4 is 41.1 Å². The molecule has 0 spiro atoms. The zero-order chi connectivity index (χ0) is 41.7. The summed E-state index contributed by atoms with van der Waals surface area (Å²) < 4.78 is 75.4. The lowest BCUT2D eigenvalue weighted by Crippen LogP contribution is -2.57. The van der Waals surface area contributed by atoms with E-state index in [1.54, 1.807) is 55.7 Å². The number of halogens is 6. The van der Waals surface area contributed by atoms with Gasteiger partial charge in [-0.2, -0.15) is 18.3 Å². The molecule has 14 nitrogen and oxygen atoms in total. The van der Waals surface area contributed by atoms with Crippen LogP contribution in [0.15, 0.2) is 42.7 Å². The Bertz CT molecular complexity index is 2110. The summed E-state index contributed by atoms with van der Waals surface area (Å²) in [6.45, 7) is 4.23. The Hall–Kier alpha value is -5.40. The van der Waals surface area contributed by atoms with Crippen molar-refractivity contribution in [2.45, 2.75) is 19.6 Å². The topological polar surface area (TPSA) is 141 Å². The highest BCUT2D eigenvalue weighted by Gasteiger charge is 2.40. The third kappa shape index (κ3) is 9.69. The molecule has 0 bridgehead atoms. The Labute approximate surface area is 323 Å². The summed E-state index contributed by atoms with van der Waals surface area (Å²) >= 11 is 6.48. The van der Waals surface area contributed by atoms with Crippen LogP contribution in [0.4, 0.5) is 32.4 Å². The summed E-state index contributed by atoms with van der Waals surface area (Å²) in [5, 5.41) is 7.09. The van der Waals surface area contributed by atoms with Crippen LogP contribution in [0.3, 0.4) is 0 Å². The average Bonchev–Trinajstić information content (AvgIpc) is 3.71. The molecule has 56 heavy (non-hydrogen) atoms. The summed E-state index contributed by atoms with van der Waals surface area (Å²) in [5.41, 5.74) is 1.89. The van der Waals surface area contributed by atoms with Crippen molar-refractivity contribution < 1.29 is 55.1 Å². The number of ether oxygens (including phenoxy) is 2. The zero-order valence-corrected chi connectivity index (χ0v) is 32.4. The normalized spacial score (nSPS) is 13.2. The molecule has 3 heterocycles. The van der Waals surface area contributed by atoms with Crippen molar-refractivity contribution in [2.75, 3.05) is 73.5 Å². The van der Waals surface area contributed by atoms with E-state index in [1.807, 2.05) is 0 Å². The molecule has 1 saturated heterocycles. The maximum atomic E-state index is 15.5. The molecular weight excluding hydrogens is 771 g/mol. The SMILES string of the molecule is COC(=O)C(F)(F)F.COCCn1ncc(-c2ccc(-c3cnc(C(=O)Nc4ccc(C(=O)N5CCN(C(=O)[N+](C)(C)C)CC5)c(Cl)c4)n3C)c(F)c2F)c1C. The van der Waals surface area contributed by atoms with E-state index in [0.717, 1.165) is 0 Å². The van der Waals surface area contributed by atoms with Gasteiger partial charge in [0.2, 0.25) is 0 Å². The molecule has 2 aromatic carbocycles. The van der Waals surface area contributed by atoms with Crippen LogP contribution < -0.4 is 5.32 Å². The lowest BCUT2D eigenvalue weighted by molar-refractivity contribution is -0.790. The number of alkyl halides is 3. The third-order valence-electron chi connectivity index (χ3n) is 8.74. The number of anilines is 1. The van der Waals surface area contributed by atoms with Gasteiger partial charge in [0, 0.05) is 68.4 Å². The first-order chi connectivity index (χ1) is 26.2. The molecule has 4 amide bonds. The van der Waals surface area contributed by atoms with Crippen LogP contribution in [0, 0.1) is 18.6 Å². The van der Waals surface area contributed by atoms with Crippen molar-refractivity contribution in [1.82, 2.24) is 29.1 Å². The molecule has 4 aromatic rings. The van der Waals surface area contributed by atoms with Crippen LogP contribution in [0.2, 0.25) is 5.02 Å². The highest BCUT2D eigenvalue weighted by atomic mass is 35.5. The van der Waals surface area contributed by atoms with Crippen molar-refractivity contribution in [2.24, 2.45) is 7.05 Å². The Morgan fingerprint density at radius 1 is 0.911 bits per heavy atom. The number of aromatic nitrogens is 4. The van der Waals surface area contributed by atoms with Crippen LogP contribution in [-0.4, -0.2) is 132 Å². The second-order valence-corrected chi connectivity index (χ2v) is 13.8. The molecule has 0 radical (unpaired) electrons. The standard InChI is InChI=1S/C33H37ClF2N8O4.C3H3F3O2/c1-20-25(18-38-43(20)15-16-48-6)22-9-10-24(29(36)28(22)35)27-19-37-30(40(27)2)31(45)39-21-7-8-23(26(34)17-21)32(46)41-11-13-42(14-12-41)33(47)44(3,4)5;1-8-2(7)3(4,5)6/h7-10,17-19H,11-16H2,1-6H3;1H3/p+1. The predicted octanol–water partition coefficient (Wildman–Crippen LogP) is 5.40. The fourth-order valence-electron chi connectivity index (χ4n) is 5.70. The maximum absolute atomic E-state index is 15.5. The average molecular weight is 812 g/mol. The minimum Gasteiger partial charge on any atom is -0.462 e. The van der Waals surface area contributed by atoms with Gasteiger partial charge >= 0.3 is 18.2 Å². The van der Waals surface area contributed by atoms with Crippen LogP contribution >= 0.6 is 11.6 Å². The number of hydrogen-bond donors (Lipinski definition) is 1. The second-order valence-electron chi connectivity index (χ2n) is 13.4. The van der Waals surface area contributed by atoms with Crippen LogP contribution in [-0.2, 0) is 27.9 Å². The van der Waals surface area contributed by atoms with Gasteiger partial charge < -0.3 is 24.3 Å². The van der Waals surface area contributed by atoms with Crippen molar-refractivity contribution in [3.8, 4) is 22.4 Å². The molecular formula is C36H41ClF5N8O6+. The Morgan fingerprint density at radius 3 is 2.07 bits per heavy atom. The number of carbonyl (C=O) groups excluding carboxylic acids is 4. The smallest absolute Gasteiger partial charge is 0.462 e. The molecule has 1 aliphatic heterocycles. The van der Waals surface area contributed by atoms with Crippen LogP contribution in [0.25, 0.3) is 22.4 Å². The van der Waals surface area contributed by atoms with Gasteiger partial charge in [0.05, 0.1) is 70.1 Å². The lowest BCUT2D eigenvalue weighted by Gasteiger charge is -2.36. The van der Waals surface area contributed by atoms with Crippen LogP contribution in [0.5, 0.6) is 0 Å². The molecule has 5 rings (SSSR count). The number of esters is 1. The number of urea groups is 1. The van der Waals surface area contributed by atoms with Gasteiger partial charge in [-0.15, -0.1) is 0 Å². The molecule has 1 N–H and O–H groups in total. The molecule has 0 saturated carbocycles. The monoisotopic (exact) mass is 811 g/mol. The fraction of sp³-hybridized carbons (Fsp3) is 0.389. The number of carbonyl (C=O) groups is 4. The number of nitrogens with one attached hydrogen (secondary N) is 1. The first kappa shape index (κ1) is 43.3. The maximum Gasteiger partial charge on any atom is 0.490 e. The highest BCUT2D eigenvalue weighted by Crippen LogP contribution is 2.33. The summed E-state index contributed by atoms with van der Waals surface area (Å²) in [5.74, 6) is -5.25. The van der Waals surface area contributed by atoms with E-state index in [4.69, 9.17) is 16.3 Å². The minimum absolute atomic E-state index is 0.0243. The Balaban J connectivity index is 0.000000784. The van der Waals surface area contributed by atoms with Gasteiger partial charge in [-0.25, -0.2) is 27.8 Å². The second kappa shape index (κ2) is 17.6. The summed E-state index contributed by atoms with van der Waals surface area (Å²) in [4.78, 5) is 56.0. The van der Waals surface area contributed by atoms with E-state index in [1.165, 1.54) is 48.3 Å². The molecule has 0 aliphatic carbocycles. The molecule has 1 fully saturated rings. The van der Waals surface area contributed by atoms with E-state index >= 15 is 8.78 Å². The van der Waals surface area contributed by atoms with Gasteiger partial charge in [0.15, 0.2) is 17.5 Å². The first-order valence-corrected chi connectivity index (χ1v) is 17.3. The highest BCUT2D eigenvalue weighted by molar-refractivity contribution is 6.34. The predicted molar refractivity (Wildman–Crippen MR) is 195 cm³/mol. The quantitative estimate of drug-likeness (QED) is 0.142. The van der Waals surface area contributed by atoms with Gasteiger partial charge in [0.25, 0.3) is 11.8 Å². The van der Waals surface area contributed by atoms with Gasteiger partial charge in [-0.05, 0) is 31.2 Å². The van der Waals surface area contributed by atoms with E-state index in [-0.39, 0.29) is 49.7 Å². The van der Waals surface area contributed by atoms with Gasteiger partial charge in [-0.3, -0.25) is 19.2 Å². The number of rotatable bonds is 8. The van der Waals surface area contributed by atoms with Crippen molar-refractivity contribution in [1.29, 1.82) is 0 Å². The summed E-state index contributed by atoms with van der Waals surface area (Å²) in [6.07, 6.45) is -2.07. The molecule has 2 aromatic heterocycles. The number of imidazole rings is 1. The van der Waals surface area contributed by atoms with Crippen LogP contribution in [0.1, 0.15) is 26.7 Å². The third-order valence-corrected chi connectivity index (χ3v) is 9.05. The number of piperazine rings is 1. The number of methoxy groups -OCH3 is 2. The molecule has 302 valence electrons. The lowest BCUT2D eigenvalue weighted by atomic mass is 10.0. The van der Waals surface area contributed by atoms with E-state index in [0.29, 0.717) is 63.4 Å². The van der Waals surface area contributed by atoms with Gasteiger partial charge in [-0.1, -0.05) is 17.7 Å². The molecule has 0 unspecified atom stereocenters. The number of benzene rings is 2. The zero-order valence-electron chi connectivity index (χ0n) is 31.6. The number of amides is 4. The molecule has 0 atom stereocenters. The van der Waals surface area contributed by atoms with Crippen molar-refractivity contribution in [3.05, 3.63) is 76.5 Å². The Kier molecular flexibility index (Phi) is 13.6. The van der Waals surface area contributed by atoms with Gasteiger partial charge in [0.1, 0.15) is 0 Å². The molecule has 1 aliphatic rings. The molecule has 20 heteroatoms. The largest absolute Gasteiger partial charge is 0.490 e. The van der Waals surface area contributed by atoms with E-state index in [2.05, 4.69) is 20.1 Å². The summed E-state index contributed by atoms with van der Waals surface area (Å²) in [7, 11) is 9.18.